The van der Waals surface area contributed by atoms with E-state index < -0.39 is 0 Å². The van der Waals surface area contributed by atoms with E-state index in [1.54, 1.807) is 18.2 Å². The predicted octanol–water partition coefficient (Wildman–Crippen LogP) is 4.15. The summed E-state index contributed by atoms with van der Waals surface area (Å²) >= 11 is 11.8. The lowest BCUT2D eigenvalue weighted by atomic mass is 10.3. The zero-order valence-corrected chi connectivity index (χ0v) is 11.7. The highest BCUT2D eigenvalue weighted by Crippen LogP contribution is 2.27. The van der Waals surface area contributed by atoms with Crippen molar-refractivity contribution >= 4 is 23.2 Å². The zero-order valence-electron chi connectivity index (χ0n) is 10.1. The molecular formula is C13H19Cl2NO. The molecule has 0 bridgehead atoms. The van der Waals surface area contributed by atoms with Crippen molar-refractivity contribution < 1.29 is 4.74 Å². The fourth-order valence-corrected chi connectivity index (χ4v) is 1.89. The van der Waals surface area contributed by atoms with E-state index in [9.17, 15) is 0 Å². The molecule has 0 unspecified atom stereocenters. The average Bonchev–Trinajstić information content (AvgIpc) is 2.30. The van der Waals surface area contributed by atoms with E-state index in [0.29, 0.717) is 22.4 Å². The van der Waals surface area contributed by atoms with E-state index in [4.69, 9.17) is 27.9 Å². The molecule has 0 saturated heterocycles. The molecule has 0 aromatic heterocycles. The molecule has 96 valence electrons. The molecule has 1 N–H and O–H groups in total. The van der Waals surface area contributed by atoms with Crippen LogP contribution in [0.1, 0.15) is 26.2 Å². The summed E-state index contributed by atoms with van der Waals surface area (Å²) in [5.41, 5.74) is 0. The summed E-state index contributed by atoms with van der Waals surface area (Å²) in [6, 6.07) is 5.28. The molecule has 0 atom stereocenters. The van der Waals surface area contributed by atoms with Gasteiger partial charge in [-0.15, -0.1) is 0 Å². The topological polar surface area (TPSA) is 21.3 Å². The maximum Gasteiger partial charge on any atom is 0.137 e. The van der Waals surface area contributed by atoms with Crippen molar-refractivity contribution in [2.45, 2.75) is 26.2 Å². The Balaban J connectivity index is 2.14. The highest BCUT2D eigenvalue weighted by Gasteiger charge is 2.01. The highest BCUT2D eigenvalue weighted by molar-refractivity contribution is 6.35. The van der Waals surface area contributed by atoms with Crippen molar-refractivity contribution in [2.75, 3.05) is 19.7 Å². The Morgan fingerprint density at radius 1 is 1.18 bits per heavy atom. The molecule has 0 radical (unpaired) electrons. The van der Waals surface area contributed by atoms with Gasteiger partial charge in [-0.25, -0.2) is 0 Å². The number of hydrogen-bond donors (Lipinski definition) is 1. The Bertz CT molecular complexity index is 331. The second-order valence-corrected chi connectivity index (χ2v) is 4.72. The smallest absolute Gasteiger partial charge is 0.137 e. The lowest BCUT2D eigenvalue weighted by Crippen LogP contribution is -2.16. The summed E-state index contributed by atoms with van der Waals surface area (Å²) in [6.45, 7) is 4.99. The lowest BCUT2D eigenvalue weighted by molar-refractivity contribution is 0.306. The maximum absolute atomic E-state index is 5.99. The molecule has 0 spiro atoms. The molecule has 1 aromatic carbocycles. The quantitative estimate of drug-likeness (QED) is 0.720. The molecule has 1 rings (SSSR count). The normalized spacial score (nSPS) is 10.5. The summed E-state index contributed by atoms with van der Waals surface area (Å²) in [5, 5.41) is 4.56. The second kappa shape index (κ2) is 8.62. The summed E-state index contributed by atoms with van der Waals surface area (Å²) in [7, 11) is 0. The molecule has 0 heterocycles. The molecule has 0 saturated carbocycles. The third kappa shape index (κ3) is 6.16. The number of rotatable bonds is 8. The van der Waals surface area contributed by atoms with Crippen LogP contribution in [0.5, 0.6) is 5.75 Å². The first-order chi connectivity index (χ1) is 8.24. The number of hydrogen-bond acceptors (Lipinski definition) is 2. The molecule has 0 aliphatic rings. The lowest BCUT2D eigenvalue weighted by Gasteiger charge is -2.08. The summed E-state index contributed by atoms with van der Waals surface area (Å²) in [5.74, 6) is 0.706. The maximum atomic E-state index is 5.99. The van der Waals surface area contributed by atoms with Crippen LogP contribution in [-0.4, -0.2) is 19.7 Å². The summed E-state index contributed by atoms with van der Waals surface area (Å²) in [6.07, 6.45) is 3.32. The van der Waals surface area contributed by atoms with Crippen LogP contribution in [0.3, 0.4) is 0 Å². The van der Waals surface area contributed by atoms with Crippen molar-refractivity contribution in [3.63, 3.8) is 0 Å². The SMILES string of the molecule is CCCNCCCCOc1ccc(Cl)cc1Cl. The number of benzene rings is 1. The monoisotopic (exact) mass is 275 g/mol. The van der Waals surface area contributed by atoms with Gasteiger partial charge in [-0.2, -0.15) is 0 Å². The van der Waals surface area contributed by atoms with E-state index in [0.717, 1.165) is 25.9 Å². The molecule has 0 aliphatic carbocycles. The third-order valence-corrected chi connectivity index (χ3v) is 2.86. The molecule has 0 aliphatic heterocycles. The highest BCUT2D eigenvalue weighted by atomic mass is 35.5. The van der Waals surface area contributed by atoms with Gasteiger partial charge in [0, 0.05) is 5.02 Å². The Hall–Kier alpha value is -0.440. The van der Waals surface area contributed by atoms with Gasteiger partial charge >= 0.3 is 0 Å². The molecule has 1 aromatic rings. The molecular weight excluding hydrogens is 257 g/mol. The van der Waals surface area contributed by atoms with Gasteiger partial charge in [0.2, 0.25) is 0 Å². The zero-order chi connectivity index (χ0) is 12.5. The first kappa shape index (κ1) is 14.6. The Labute approximate surface area is 113 Å². The van der Waals surface area contributed by atoms with Crippen LogP contribution in [0.15, 0.2) is 18.2 Å². The number of halogens is 2. The van der Waals surface area contributed by atoms with Gasteiger partial charge in [0.15, 0.2) is 0 Å². The van der Waals surface area contributed by atoms with Gasteiger partial charge in [-0.3, -0.25) is 0 Å². The van der Waals surface area contributed by atoms with E-state index in [1.807, 2.05) is 0 Å². The number of unbranched alkanes of at least 4 members (excludes halogenated alkanes) is 1. The summed E-state index contributed by atoms with van der Waals surface area (Å²) < 4.78 is 5.58. The predicted molar refractivity (Wildman–Crippen MR) is 74.4 cm³/mol. The fraction of sp³-hybridized carbons (Fsp3) is 0.538. The largest absolute Gasteiger partial charge is 0.492 e. The van der Waals surface area contributed by atoms with Gasteiger partial charge in [-0.05, 0) is 50.6 Å². The molecule has 0 amide bonds. The van der Waals surface area contributed by atoms with Gasteiger partial charge < -0.3 is 10.1 Å². The van der Waals surface area contributed by atoms with Gasteiger partial charge in [0.05, 0.1) is 11.6 Å². The number of nitrogens with one attached hydrogen (secondary N) is 1. The van der Waals surface area contributed by atoms with Crippen molar-refractivity contribution in [3.05, 3.63) is 28.2 Å². The molecule has 0 fully saturated rings. The van der Waals surface area contributed by atoms with Gasteiger partial charge in [0.1, 0.15) is 5.75 Å². The van der Waals surface area contributed by atoms with Crippen LogP contribution in [-0.2, 0) is 0 Å². The minimum Gasteiger partial charge on any atom is -0.492 e. The van der Waals surface area contributed by atoms with E-state index in [-0.39, 0.29) is 0 Å². The summed E-state index contributed by atoms with van der Waals surface area (Å²) in [4.78, 5) is 0. The van der Waals surface area contributed by atoms with Crippen LogP contribution < -0.4 is 10.1 Å². The van der Waals surface area contributed by atoms with E-state index in [1.165, 1.54) is 6.42 Å². The molecule has 17 heavy (non-hydrogen) atoms. The van der Waals surface area contributed by atoms with Crippen LogP contribution >= 0.6 is 23.2 Å². The second-order valence-electron chi connectivity index (χ2n) is 3.88. The van der Waals surface area contributed by atoms with Crippen molar-refractivity contribution in [3.8, 4) is 5.75 Å². The van der Waals surface area contributed by atoms with Crippen LogP contribution in [0.2, 0.25) is 10.0 Å². The Morgan fingerprint density at radius 2 is 2.00 bits per heavy atom. The minimum atomic E-state index is 0.571. The van der Waals surface area contributed by atoms with Crippen molar-refractivity contribution in [2.24, 2.45) is 0 Å². The minimum absolute atomic E-state index is 0.571. The van der Waals surface area contributed by atoms with Crippen molar-refractivity contribution in [1.29, 1.82) is 0 Å². The van der Waals surface area contributed by atoms with Gasteiger partial charge in [0.25, 0.3) is 0 Å². The van der Waals surface area contributed by atoms with Crippen LogP contribution in [0, 0.1) is 0 Å². The first-order valence-corrected chi connectivity index (χ1v) is 6.78. The fourth-order valence-electron chi connectivity index (χ4n) is 1.43. The Morgan fingerprint density at radius 3 is 2.71 bits per heavy atom. The number of ether oxygens (including phenoxy) is 1. The van der Waals surface area contributed by atoms with Gasteiger partial charge in [-0.1, -0.05) is 30.1 Å². The van der Waals surface area contributed by atoms with Crippen LogP contribution in [0.25, 0.3) is 0 Å². The van der Waals surface area contributed by atoms with Crippen molar-refractivity contribution in [1.82, 2.24) is 5.32 Å². The average molecular weight is 276 g/mol. The standard InChI is InChI=1S/C13H19Cl2NO/c1-2-7-16-8-3-4-9-17-13-6-5-11(14)10-12(13)15/h5-6,10,16H,2-4,7-9H2,1H3. The molecule has 2 nitrogen and oxygen atoms in total. The third-order valence-electron chi connectivity index (χ3n) is 2.33. The van der Waals surface area contributed by atoms with Crippen LogP contribution in [0.4, 0.5) is 0 Å². The Kier molecular flexibility index (Phi) is 7.41. The molecule has 4 heteroatoms. The van der Waals surface area contributed by atoms with E-state index in [2.05, 4.69) is 12.2 Å². The first-order valence-electron chi connectivity index (χ1n) is 6.02. The van der Waals surface area contributed by atoms with E-state index >= 15 is 0 Å².